The Labute approximate surface area is 121 Å². The van der Waals surface area contributed by atoms with E-state index in [4.69, 9.17) is 21.1 Å². The van der Waals surface area contributed by atoms with E-state index in [0.29, 0.717) is 17.7 Å². The number of halogens is 2. The minimum atomic E-state index is 0.382. The fourth-order valence-corrected chi connectivity index (χ4v) is 2.69. The average molecular weight is 335 g/mol. The van der Waals surface area contributed by atoms with Crippen LogP contribution in [0.5, 0.6) is 5.75 Å². The van der Waals surface area contributed by atoms with Crippen LogP contribution in [-0.2, 0) is 4.74 Å². The zero-order valence-electron chi connectivity index (χ0n) is 10.1. The first kappa shape index (κ1) is 14.1. The Morgan fingerprint density at radius 3 is 3.11 bits per heavy atom. The molecule has 100 valence electrons. The predicted molar refractivity (Wildman–Crippen MR) is 76.5 cm³/mol. The van der Waals surface area contributed by atoms with Gasteiger partial charge in [-0.3, -0.25) is 0 Å². The fraction of sp³-hybridized carbons (Fsp3) is 0.538. The van der Waals surface area contributed by atoms with Gasteiger partial charge in [0, 0.05) is 24.7 Å². The highest BCUT2D eigenvalue weighted by atomic mass is 79.9. The van der Waals surface area contributed by atoms with E-state index in [-0.39, 0.29) is 0 Å². The number of benzene rings is 1. The van der Waals surface area contributed by atoms with E-state index in [9.17, 15) is 0 Å². The van der Waals surface area contributed by atoms with Crippen LogP contribution in [0.3, 0.4) is 0 Å². The molecule has 1 unspecified atom stereocenters. The maximum Gasteiger partial charge on any atom is 0.133 e. The van der Waals surface area contributed by atoms with Crippen LogP contribution in [0, 0.1) is 0 Å². The van der Waals surface area contributed by atoms with E-state index in [1.807, 2.05) is 18.2 Å². The number of hydrogen-bond acceptors (Lipinski definition) is 3. The third kappa shape index (κ3) is 4.43. The largest absolute Gasteiger partial charge is 0.491 e. The van der Waals surface area contributed by atoms with E-state index in [1.165, 1.54) is 6.42 Å². The van der Waals surface area contributed by atoms with Gasteiger partial charge in [0.05, 0.1) is 10.6 Å². The van der Waals surface area contributed by atoms with Gasteiger partial charge in [0.2, 0.25) is 0 Å². The molecule has 0 aromatic heterocycles. The highest BCUT2D eigenvalue weighted by molar-refractivity contribution is 9.10. The lowest BCUT2D eigenvalue weighted by molar-refractivity contribution is 0.109. The molecule has 0 spiro atoms. The molecule has 1 saturated heterocycles. The third-order valence-corrected chi connectivity index (χ3v) is 3.68. The summed E-state index contributed by atoms with van der Waals surface area (Å²) >= 11 is 9.28. The van der Waals surface area contributed by atoms with Crippen LogP contribution >= 0.6 is 27.5 Å². The zero-order valence-corrected chi connectivity index (χ0v) is 12.5. The van der Waals surface area contributed by atoms with Crippen molar-refractivity contribution >= 4 is 27.5 Å². The van der Waals surface area contributed by atoms with Crippen molar-refractivity contribution in [1.29, 1.82) is 0 Å². The molecule has 1 aromatic rings. The quantitative estimate of drug-likeness (QED) is 0.810. The first-order valence-electron chi connectivity index (χ1n) is 6.16. The smallest absolute Gasteiger partial charge is 0.133 e. The Morgan fingerprint density at radius 1 is 1.50 bits per heavy atom. The monoisotopic (exact) mass is 333 g/mol. The molecule has 5 heteroatoms. The van der Waals surface area contributed by atoms with E-state index in [2.05, 4.69) is 21.2 Å². The minimum Gasteiger partial charge on any atom is -0.491 e. The Kier molecular flexibility index (Phi) is 5.76. The van der Waals surface area contributed by atoms with Gasteiger partial charge in [-0.15, -0.1) is 0 Å². The highest BCUT2D eigenvalue weighted by Gasteiger charge is 2.14. The Morgan fingerprint density at radius 2 is 2.39 bits per heavy atom. The van der Waals surface area contributed by atoms with Crippen LogP contribution in [0.25, 0.3) is 0 Å². The molecular formula is C13H17BrClNO2. The maximum absolute atomic E-state index is 5.86. The number of ether oxygens (including phenoxy) is 2. The van der Waals surface area contributed by atoms with Gasteiger partial charge in [-0.2, -0.15) is 0 Å². The summed E-state index contributed by atoms with van der Waals surface area (Å²) in [4.78, 5) is 0. The van der Waals surface area contributed by atoms with E-state index >= 15 is 0 Å². The summed E-state index contributed by atoms with van der Waals surface area (Å²) in [5.41, 5.74) is 0. The van der Waals surface area contributed by atoms with Crippen molar-refractivity contribution in [2.75, 3.05) is 26.3 Å². The van der Waals surface area contributed by atoms with Crippen molar-refractivity contribution in [2.24, 2.45) is 0 Å². The molecule has 2 rings (SSSR count). The minimum absolute atomic E-state index is 0.382. The summed E-state index contributed by atoms with van der Waals surface area (Å²) in [5.74, 6) is 0.818. The van der Waals surface area contributed by atoms with Crippen molar-refractivity contribution in [3.05, 3.63) is 27.7 Å². The van der Waals surface area contributed by atoms with Crippen LogP contribution < -0.4 is 10.1 Å². The van der Waals surface area contributed by atoms with Crippen molar-refractivity contribution < 1.29 is 9.47 Å². The van der Waals surface area contributed by atoms with Gasteiger partial charge < -0.3 is 14.8 Å². The van der Waals surface area contributed by atoms with Crippen LogP contribution in [-0.4, -0.2) is 32.4 Å². The molecule has 1 aliphatic heterocycles. The molecule has 1 heterocycles. The molecule has 0 aliphatic carbocycles. The van der Waals surface area contributed by atoms with E-state index in [0.717, 1.165) is 36.3 Å². The van der Waals surface area contributed by atoms with Gasteiger partial charge in [0.1, 0.15) is 12.4 Å². The molecule has 18 heavy (non-hydrogen) atoms. The van der Waals surface area contributed by atoms with Crippen molar-refractivity contribution in [3.8, 4) is 5.75 Å². The molecule has 0 amide bonds. The first-order valence-corrected chi connectivity index (χ1v) is 7.33. The van der Waals surface area contributed by atoms with Crippen LogP contribution in [0.2, 0.25) is 5.02 Å². The van der Waals surface area contributed by atoms with Gasteiger partial charge in [0.25, 0.3) is 0 Å². The Bertz CT molecular complexity index is 383. The van der Waals surface area contributed by atoms with Gasteiger partial charge in [-0.25, -0.2) is 0 Å². The average Bonchev–Trinajstić information content (AvgIpc) is 2.84. The molecule has 0 bridgehead atoms. The number of hydrogen-bond donors (Lipinski definition) is 1. The summed E-state index contributed by atoms with van der Waals surface area (Å²) in [5, 5.41) is 4.04. The molecule has 1 N–H and O–H groups in total. The SMILES string of the molecule is Clc1ccc(OCCNCC2CCCO2)c(Br)c1. The molecular weight excluding hydrogens is 318 g/mol. The second kappa shape index (κ2) is 7.34. The molecule has 1 atom stereocenters. The van der Waals surface area contributed by atoms with Crippen LogP contribution in [0.4, 0.5) is 0 Å². The maximum atomic E-state index is 5.86. The molecule has 0 radical (unpaired) electrons. The topological polar surface area (TPSA) is 30.5 Å². The molecule has 3 nitrogen and oxygen atoms in total. The molecule has 0 saturated carbocycles. The molecule has 1 aromatic carbocycles. The number of rotatable bonds is 6. The highest BCUT2D eigenvalue weighted by Crippen LogP contribution is 2.27. The lowest BCUT2D eigenvalue weighted by Gasteiger charge is -2.12. The lowest BCUT2D eigenvalue weighted by Crippen LogP contribution is -2.29. The summed E-state index contributed by atoms with van der Waals surface area (Å²) < 4.78 is 12.1. The van der Waals surface area contributed by atoms with Crippen molar-refractivity contribution in [3.63, 3.8) is 0 Å². The van der Waals surface area contributed by atoms with Crippen LogP contribution in [0.15, 0.2) is 22.7 Å². The summed E-state index contributed by atoms with van der Waals surface area (Å²) in [6.07, 6.45) is 2.73. The van der Waals surface area contributed by atoms with Gasteiger partial charge in [0.15, 0.2) is 0 Å². The summed E-state index contributed by atoms with van der Waals surface area (Å²) in [7, 11) is 0. The van der Waals surface area contributed by atoms with E-state index in [1.54, 1.807) is 0 Å². The summed E-state index contributed by atoms with van der Waals surface area (Å²) in [6.45, 7) is 3.26. The lowest BCUT2D eigenvalue weighted by atomic mass is 10.2. The Balaban J connectivity index is 1.62. The predicted octanol–water partition coefficient (Wildman–Crippen LogP) is 3.25. The zero-order chi connectivity index (χ0) is 12.8. The van der Waals surface area contributed by atoms with Gasteiger partial charge in [-0.1, -0.05) is 11.6 Å². The molecule has 1 aliphatic rings. The second-order valence-corrected chi connectivity index (χ2v) is 5.55. The van der Waals surface area contributed by atoms with Crippen molar-refractivity contribution in [1.82, 2.24) is 5.32 Å². The molecule has 1 fully saturated rings. The third-order valence-electron chi connectivity index (χ3n) is 2.83. The Hall–Kier alpha value is -0.290. The van der Waals surface area contributed by atoms with Crippen molar-refractivity contribution in [2.45, 2.75) is 18.9 Å². The van der Waals surface area contributed by atoms with Crippen LogP contribution in [0.1, 0.15) is 12.8 Å². The van der Waals surface area contributed by atoms with Gasteiger partial charge >= 0.3 is 0 Å². The number of nitrogens with one attached hydrogen (secondary N) is 1. The second-order valence-electron chi connectivity index (χ2n) is 4.26. The standard InChI is InChI=1S/C13H17BrClNO2/c14-12-8-10(15)3-4-13(12)18-7-5-16-9-11-2-1-6-17-11/h3-4,8,11,16H,1-2,5-7,9H2. The summed E-state index contributed by atoms with van der Waals surface area (Å²) in [6, 6.07) is 5.52. The van der Waals surface area contributed by atoms with Gasteiger partial charge in [-0.05, 0) is 47.0 Å². The first-order chi connectivity index (χ1) is 8.75. The fourth-order valence-electron chi connectivity index (χ4n) is 1.89. The van der Waals surface area contributed by atoms with E-state index < -0.39 is 0 Å². The normalized spacial score (nSPS) is 19.1.